The molecule has 3 nitrogen and oxygen atoms in total. The van der Waals surface area contributed by atoms with Gasteiger partial charge in [0.05, 0.1) is 19.9 Å². The molecule has 0 aromatic rings. The predicted octanol–water partition coefficient (Wildman–Crippen LogP) is 0.703. The lowest BCUT2D eigenvalue weighted by molar-refractivity contribution is -0.0324. The third-order valence-corrected chi connectivity index (χ3v) is 1.73. The molecule has 1 fully saturated rings. The SMILES string of the molecule is CCCOCN1CCOCC1. The first-order valence-electron chi connectivity index (χ1n) is 4.31. The number of ether oxygens (including phenoxy) is 2. The highest BCUT2D eigenvalue weighted by Crippen LogP contribution is 1.96. The first kappa shape index (κ1) is 8.97. The van der Waals surface area contributed by atoms with Crippen molar-refractivity contribution in [3.05, 3.63) is 0 Å². The molecule has 0 unspecified atom stereocenters. The van der Waals surface area contributed by atoms with Crippen LogP contribution in [0.5, 0.6) is 0 Å². The van der Waals surface area contributed by atoms with E-state index in [1.807, 2.05) is 0 Å². The van der Waals surface area contributed by atoms with Crippen molar-refractivity contribution in [2.45, 2.75) is 13.3 Å². The molecule has 0 N–H and O–H groups in total. The van der Waals surface area contributed by atoms with Gasteiger partial charge in [-0.15, -0.1) is 0 Å². The number of hydrogen-bond acceptors (Lipinski definition) is 3. The summed E-state index contributed by atoms with van der Waals surface area (Å²) in [5.41, 5.74) is 0. The highest BCUT2D eigenvalue weighted by atomic mass is 16.5. The van der Waals surface area contributed by atoms with Crippen LogP contribution in [0, 0.1) is 0 Å². The summed E-state index contributed by atoms with van der Waals surface area (Å²) in [6, 6.07) is 0. The van der Waals surface area contributed by atoms with Gasteiger partial charge in [0, 0.05) is 19.7 Å². The van der Waals surface area contributed by atoms with Crippen LogP contribution in [-0.4, -0.2) is 44.5 Å². The highest BCUT2D eigenvalue weighted by Gasteiger charge is 2.08. The van der Waals surface area contributed by atoms with Crippen molar-refractivity contribution in [1.29, 1.82) is 0 Å². The van der Waals surface area contributed by atoms with E-state index in [4.69, 9.17) is 9.47 Å². The van der Waals surface area contributed by atoms with Gasteiger partial charge in [-0.25, -0.2) is 0 Å². The molecule has 0 aromatic heterocycles. The van der Waals surface area contributed by atoms with Crippen molar-refractivity contribution in [1.82, 2.24) is 4.90 Å². The molecule has 66 valence electrons. The Kier molecular flexibility index (Phi) is 4.50. The van der Waals surface area contributed by atoms with Crippen LogP contribution in [0.15, 0.2) is 0 Å². The van der Waals surface area contributed by atoms with Gasteiger partial charge in [0.15, 0.2) is 0 Å². The highest BCUT2D eigenvalue weighted by molar-refractivity contribution is 4.56. The normalized spacial score (nSPS) is 20.5. The zero-order valence-corrected chi connectivity index (χ0v) is 7.21. The Morgan fingerprint density at radius 3 is 2.73 bits per heavy atom. The van der Waals surface area contributed by atoms with E-state index in [-0.39, 0.29) is 0 Å². The molecular formula is C8H17NO2. The summed E-state index contributed by atoms with van der Waals surface area (Å²) >= 11 is 0. The number of rotatable bonds is 4. The Labute approximate surface area is 68.3 Å². The Morgan fingerprint density at radius 2 is 2.09 bits per heavy atom. The number of morpholine rings is 1. The van der Waals surface area contributed by atoms with Crippen LogP contribution in [0.4, 0.5) is 0 Å². The summed E-state index contributed by atoms with van der Waals surface area (Å²) in [5, 5.41) is 0. The molecule has 0 spiro atoms. The Bertz CT molecular complexity index is 92.1. The summed E-state index contributed by atoms with van der Waals surface area (Å²) in [7, 11) is 0. The summed E-state index contributed by atoms with van der Waals surface area (Å²) in [6.07, 6.45) is 1.10. The minimum Gasteiger partial charge on any atom is -0.379 e. The molecule has 11 heavy (non-hydrogen) atoms. The lowest BCUT2D eigenvalue weighted by atomic mass is 10.5. The molecule has 0 aromatic carbocycles. The van der Waals surface area contributed by atoms with Gasteiger partial charge in [-0.3, -0.25) is 4.90 Å². The van der Waals surface area contributed by atoms with Crippen molar-refractivity contribution >= 4 is 0 Å². The molecule has 1 aliphatic rings. The quantitative estimate of drug-likeness (QED) is 0.564. The fourth-order valence-corrected chi connectivity index (χ4v) is 1.07. The lowest BCUT2D eigenvalue weighted by Crippen LogP contribution is -2.37. The maximum absolute atomic E-state index is 5.39. The molecule has 0 radical (unpaired) electrons. The van der Waals surface area contributed by atoms with E-state index in [1.54, 1.807) is 0 Å². The van der Waals surface area contributed by atoms with E-state index in [1.165, 1.54) is 0 Å². The van der Waals surface area contributed by atoms with Crippen LogP contribution < -0.4 is 0 Å². The predicted molar refractivity (Wildman–Crippen MR) is 43.5 cm³/mol. The first-order valence-corrected chi connectivity index (χ1v) is 4.31. The van der Waals surface area contributed by atoms with Gasteiger partial charge in [0.1, 0.15) is 0 Å². The zero-order chi connectivity index (χ0) is 7.94. The fourth-order valence-electron chi connectivity index (χ4n) is 1.07. The summed E-state index contributed by atoms with van der Waals surface area (Å²) < 4.78 is 10.6. The van der Waals surface area contributed by atoms with Gasteiger partial charge in [-0.1, -0.05) is 6.92 Å². The molecule has 3 heteroatoms. The molecular weight excluding hydrogens is 142 g/mol. The van der Waals surface area contributed by atoms with Gasteiger partial charge in [0.2, 0.25) is 0 Å². The summed E-state index contributed by atoms with van der Waals surface area (Å²) in [5.74, 6) is 0. The van der Waals surface area contributed by atoms with Gasteiger partial charge in [-0.2, -0.15) is 0 Å². The van der Waals surface area contributed by atoms with Crippen LogP contribution >= 0.6 is 0 Å². The largest absolute Gasteiger partial charge is 0.379 e. The van der Waals surface area contributed by atoms with Crippen LogP contribution in [-0.2, 0) is 9.47 Å². The molecule has 0 bridgehead atoms. The second-order valence-corrected chi connectivity index (χ2v) is 2.77. The van der Waals surface area contributed by atoms with E-state index in [0.717, 1.165) is 46.1 Å². The van der Waals surface area contributed by atoms with E-state index in [2.05, 4.69) is 11.8 Å². The molecule has 0 atom stereocenters. The topological polar surface area (TPSA) is 21.7 Å². The molecule has 1 rings (SSSR count). The second-order valence-electron chi connectivity index (χ2n) is 2.77. The molecule has 1 saturated heterocycles. The van der Waals surface area contributed by atoms with Gasteiger partial charge in [-0.05, 0) is 6.42 Å². The van der Waals surface area contributed by atoms with Crippen molar-refractivity contribution in [3.8, 4) is 0 Å². The van der Waals surface area contributed by atoms with Crippen molar-refractivity contribution in [2.24, 2.45) is 0 Å². The minimum atomic E-state index is 0.775. The van der Waals surface area contributed by atoms with E-state index >= 15 is 0 Å². The van der Waals surface area contributed by atoms with Crippen LogP contribution in [0.25, 0.3) is 0 Å². The molecule has 0 saturated carbocycles. The Balaban J connectivity index is 1.96. The number of hydrogen-bond donors (Lipinski definition) is 0. The third-order valence-electron chi connectivity index (χ3n) is 1.73. The van der Waals surface area contributed by atoms with Gasteiger partial charge in [0.25, 0.3) is 0 Å². The van der Waals surface area contributed by atoms with E-state index in [9.17, 15) is 0 Å². The summed E-state index contributed by atoms with van der Waals surface area (Å²) in [4.78, 5) is 2.28. The van der Waals surface area contributed by atoms with Crippen LogP contribution in [0.3, 0.4) is 0 Å². The molecule has 0 amide bonds. The average Bonchev–Trinajstić information content (AvgIpc) is 2.07. The average molecular weight is 159 g/mol. The molecule has 0 aliphatic carbocycles. The first-order chi connectivity index (χ1) is 5.43. The van der Waals surface area contributed by atoms with Crippen LogP contribution in [0.2, 0.25) is 0 Å². The van der Waals surface area contributed by atoms with E-state index < -0.39 is 0 Å². The van der Waals surface area contributed by atoms with Crippen molar-refractivity contribution in [3.63, 3.8) is 0 Å². The van der Waals surface area contributed by atoms with Gasteiger partial charge >= 0.3 is 0 Å². The van der Waals surface area contributed by atoms with Crippen molar-refractivity contribution in [2.75, 3.05) is 39.6 Å². The maximum Gasteiger partial charge on any atom is 0.0991 e. The minimum absolute atomic E-state index is 0.775. The molecule has 1 heterocycles. The lowest BCUT2D eigenvalue weighted by Gasteiger charge is -2.25. The van der Waals surface area contributed by atoms with Gasteiger partial charge < -0.3 is 9.47 Å². The summed E-state index contributed by atoms with van der Waals surface area (Å²) in [6.45, 7) is 7.52. The monoisotopic (exact) mass is 159 g/mol. The zero-order valence-electron chi connectivity index (χ0n) is 7.21. The van der Waals surface area contributed by atoms with Crippen LogP contribution in [0.1, 0.15) is 13.3 Å². The maximum atomic E-state index is 5.39. The van der Waals surface area contributed by atoms with E-state index in [0.29, 0.717) is 0 Å². The standard InChI is InChI=1S/C8H17NO2/c1-2-5-11-8-9-3-6-10-7-4-9/h2-8H2,1H3. The Hall–Kier alpha value is -0.120. The second kappa shape index (κ2) is 5.52. The smallest absolute Gasteiger partial charge is 0.0991 e. The van der Waals surface area contributed by atoms with Crippen molar-refractivity contribution < 1.29 is 9.47 Å². The Morgan fingerprint density at radius 1 is 1.36 bits per heavy atom. The fraction of sp³-hybridized carbons (Fsp3) is 1.00. The molecule has 1 aliphatic heterocycles. The third kappa shape index (κ3) is 3.70. The number of nitrogens with zero attached hydrogens (tertiary/aromatic N) is 1.